The number of ether oxygens (including phenoxy) is 1. The third kappa shape index (κ3) is 4.94. The van der Waals surface area contributed by atoms with Crippen molar-refractivity contribution in [2.24, 2.45) is 0 Å². The van der Waals surface area contributed by atoms with E-state index in [1.54, 1.807) is 0 Å². The number of nitrogens with zero attached hydrogens (tertiary/aromatic N) is 2. The Labute approximate surface area is 150 Å². The highest BCUT2D eigenvalue weighted by Crippen LogP contribution is 2.20. The van der Waals surface area contributed by atoms with Crippen LogP contribution in [-0.4, -0.2) is 86.3 Å². The molecule has 0 aromatic heterocycles. The quantitative estimate of drug-likeness (QED) is 0.739. The standard InChI is InChI=1S/C18H28N2O4S/c1-15-5-2-3-6-18(15)24-12-4-7-19-8-10-20(11-9-19)16-13-25(22,23)14-17(16)21/h2-3,5-6,16-17,21H,4,7-14H2,1H3/t16-,17+/m1/s1. The van der Waals surface area contributed by atoms with Crippen molar-refractivity contribution in [3.05, 3.63) is 29.8 Å². The third-order valence-electron chi connectivity index (χ3n) is 5.14. The van der Waals surface area contributed by atoms with Crippen molar-refractivity contribution >= 4 is 9.84 Å². The number of aliphatic hydroxyl groups is 1. The lowest BCUT2D eigenvalue weighted by molar-refractivity contribution is 0.0433. The van der Waals surface area contributed by atoms with Gasteiger partial charge in [0.15, 0.2) is 9.84 Å². The molecule has 0 saturated carbocycles. The Bertz CT molecular complexity index is 671. The molecule has 1 aromatic carbocycles. The van der Waals surface area contributed by atoms with E-state index in [2.05, 4.69) is 9.80 Å². The predicted octanol–water partition coefficient (Wildman–Crippen LogP) is 0.539. The number of piperazine rings is 1. The van der Waals surface area contributed by atoms with E-state index in [1.165, 1.54) is 0 Å². The lowest BCUT2D eigenvalue weighted by atomic mass is 10.1. The third-order valence-corrected chi connectivity index (χ3v) is 6.84. The second kappa shape index (κ2) is 8.03. The lowest BCUT2D eigenvalue weighted by Gasteiger charge is -2.38. The van der Waals surface area contributed by atoms with E-state index in [1.807, 2.05) is 31.2 Å². The molecule has 3 rings (SSSR count). The molecule has 2 aliphatic rings. The van der Waals surface area contributed by atoms with Crippen LogP contribution in [0.4, 0.5) is 0 Å². The number of sulfone groups is 1. The van der Waals surface area contributed by atoms with Crippen molar-refractivity contribution in [1.82, 2.24) is 9.80 Å². The van der Waals surface area contributed by atoms with E-state index in [4.69, 9.17) is 4.74 Å². The van der Waals surface area contributed by atoms with E-state index < -0.39 is 15.9 Å². The largest absolute Gasteiger partial charge is 0.493 e. The van der Waals surface area contributed by atoms with Crippen LogP contribution in [0.3, 0.4) is 0 Å². The topological polar surface area (TPSA) is 70.1 Å². The summed E-state index contributed by atoms with van der Waals surface area (Å²) in [5.41, 5.74) is 1.15. The zero-order valence-corrected chi connectivity index (χ0v) is 15.6. The van der Waals surface area contributed by atoms with Gasteiger partial charge in [0.05, 0.1) is 30.3 Å². The second-order valence-electron chi connectivity index (χ2n) is 7.06. The fraction of sp³-hybridized carbons (Fsp3) is 0.667. The number of para-hydroxylation sites is 1. The maximum atomic E-state index is 11.7. The Morgan fingerprint density at radius 2 is 1.88 bits per heavy atom. The molecule has 25 heavy (non-hydrogen) atoms. The Kier molecular flexibility index (Phi) is 5.99. The zero-order chi connectivity index (χ0) is 17.9. The molecule has 2 atom stereocenters. The van der Waals surface area contributed by atoms with Crippen LogP contribution in [0.15, 0.2) is 24.3 Å². The Morgan fingerprint density at radius 3 is 2.52 bits per heavy atom. The van der Waals surface area contributed by atoms with Gasteiger partial charge in [-0.1, -0.05) is 18.2 Å². The molecule has 2 fully saturated rings. The van der Waals surface area contributed by atoms with Crippen molar-refractivity contribution in [3.63, 3.8) is 0 Å². The fourth-order valence-corrected chi connectivity index (χ4v) is 5.50. The highest BCUT2D eigenvalue weighted by Gasteiger charge is 2.40. The molecule has 7 heteroatoms. The minimum absolute atomic E-state index is 0.0892. The average molecular weight is 368 g/mol. The van der Waals surface area contributed by atoms with Crippen molar-refractivity contribution in [2.75, 3.05) is 50.8 Å². The van der Waals surface area contributed by atoms with Gasteiger partial charge < -0.3 is 14.7 Å². The number of hydrogen-bond donors (Lipinski definition) is 1. The number of aliphatic hydroxyl groups excluding tert-OH is 1. The summed E-state index contributed by atoms with van der Waals surface area (Å²) in [7, 11) is -3.08. The van der Waals surface area contributed by atoms with Gasteiger partial charge in [0, 0.05) is 32.7 Å². The van der Waals surface area contributed by atoms with E-state index in [-0.39, 0.29) is 17.5 Å². The van der Waals surface area contributed by atoms with E-state index in [0.29, 0.717) is 6.61 Å². The average Bonchev–Trinajstić information content (AvgIpc) is 2.86. The summed E-state index contributed by atoms with van der Waals surface area (Å²) >= 11 is 0. The first-order chi connectivity index (χ1) is 11.9. The highest BCUT2D eigenvalue weighted by atomic mass is 32.2. The summed E-state index contributed by atoms with van der Waals surface area (Å²) in [6, 6.07) is 7.81. The summed E-state index contributed by atoms with van der Waals surface area (Å²) in [5, 5.41) is 10.00. The molecule has 0 amide bonds. The van der Waals surface area contributed by atoms with Crippen LogP contribution in [0.5, 0.6) is 5.75 Å². The van der Waals surface area contributed by atoms with Crippen LogP contribution in [0.25, 0.3) is 0 Å². The van der Waals surface area contributed by atoms with Crippen LogP contribution in [-0.2, 0) is 9.84 Å². The first-order valence-electron chi connectivity index (χ1n) is 8.98. The Morgan fingerprint density at radius 1 is 1.16 bits per heavy atom. The van der Waals surface area contributed by atoms with Crippen molar-refractivity contribution in [2.45, 2.75) is 25.5 Å². The minimum atomic E-state index is -3.08. The zero-order valence-electron chi connectivity index (χ0n) is 14.8. The number of benzene rings is 1. The van der Waals surface area contributed by atoms with Gasteiger partial charge in [0.25, 0.3) is 0 Å². The summed E-state index contributed by atoms with van der Waals surface area (Å²) in [4.78, 5) is 4.52. The predicted molar refractivity (Wildman–Crippen MR) is 97.8 cm³/mol. The van der Waals surface area contributed by atoms with Gasteiger partial charge in [-0.2, -0.15) is 0 Å². The van der Waals surface area contributed by atoms with Gasteiger partial charge in [0.2, 0.25) is 0 Å². The number of hydrogen-bond acceptors (Lipinski definition) is 6. The molecule has 0 aliphatic carbocycles. The molecule has 2 heterocycles. The maximum absolute atomic E-state index is 11.7. The molecule has 0 spiro atoms. The molecular weight excluding hydrogens is 340 g/mol. The van der Waals surface area contributed by atoms with Crippen LogP contribution in [0.1, 0.15) is 12.0 Å². The van der Waals surface area contributed by atoms with Gasteiger partial charge in [0.1, 0.15) is 5.75 Å². The van der Waals surface area contributed by atoms with Crippen LogP contribution < -0.4 is 4.74 Å². The summed E-state index contributed by atoms with van der Waals surface area (Å²) in [5.74, 6) is 0.954. The first-order valence-corrected chi connectivity index (χ1v) is 10.8. The summed E-state index contributed by atoms with van der Waals surface area (Å²) in [6.07, 6.45) is 0.230. The molecule has 140 valence electrons. The van der Waals surface area contributed by atoms with Crippen molar-refractivity contribution in [3.8, 4) is 5.75 Å². The molecule has 6 nitrogen and oxygen atoms in total. The Balaban J connectivity index is 1.36. The van der Waals surface area contributed by atoms with E-state index in [9.17, 15) is 13.5 Å². The number of rotatable bonds is 6. The van der Waals surface area contributed by atoms with E-state index >= 15 is 0 Å². The molecule has 0 unspecified atom stereocenters. The van der Waals surface area contributed by atoms with Crippen LogP contribution in [0.2, 0.25) is 0 Å². The molecule has 0 bridgehead atoms. The number of aryl methyl sites for hydroxylation is 1. The lowest BCUT2D eigenvalue weighted by Crippen LogP contribution is -2.53. The Hall–Kier alpha value is -1.15. The van der Waals surface area contributed by atoms with Gasteiger partial charge in [-0.15, -0.1) is 0 Å². The summed E-state index contributed by atoms with van der Waals surface area (Å²) in [6.45, 7) is 7.18. The molecule has 2 saturated heterocycles. The van der Waals surface area contributed by atoms with Gasteiger partial charge in [-0.25, -0.2) is 8.42 Å². The second-order valence-corrected chi connectivity index (χ2v) is 9.21. The van der Waals surface area contributed by atoms with Crippen LogP contribution in [0, 0.1) is 6.92 Å². The smallest absolute Gasteiger partial charge is 0.154 e. The van der Waals surface area contributed by atoms with Crippen LogP contribution >= 0.6 is 0 Å². The van der Waals surface area contributed by atoms with Gasteiger partial charge >= 0.3 is 0 Å². The molecule has 1 aromatic rings. The fourth-order valence-electron chi connectivity index (χ4n) is 3.67. The maximum Gasteiger partial charge on any atom is 0.154 e. The first kappa shape index (κ1) is 18.6. The SMILES string of the molecule is Cc1ccccc1OCCCN1CCN([C@@H]2CS(=O)(=O)C[C@@H]2O)CC1. The monoisotopic (exact) mass is 368 g/mol. The summed E-state index contributed by atoms with van der Waals surface area (Å²) < 4.78 is 29.2. The van der Waals surface area contributed by atoms with E-state index in [0.717, 1.165) is 50.5 Å². The van der Waals surface area contributed by atoms with Crippen molar-refractivity contribution in [1.29, 1.82) is 0 Å². The molecule has 2 aliphatic heterocycles. The van der Waals surface area contributed by atoms with Gasteiger partial charge in [-0.3, -0.25) is 4.90 Å². The molecule has 1 N–H and O–H groups in total. The van der Waals surface area contributed by atoms with Gasteiger partial charge in [-0.05, 0) is 25.0 Å². The normalized spacial score (nSPS) is 27.4. The van der Waals surface area contributed by atoms with Crippen molar-refractivity contribution < 1.29 is 18.3 Å². The highest BCUT2D eigenvalue weighted by molar-refractivity contribution is 7.91. The molecule has 0 radical (unpaired) electrons. The minimum Gasteiger partial charge on any atom is -0.493 e. The molecular formula is C18H28N2O4S.